The Morgan fingerprint density at radius 3 is 2.68 bits per heavy atom. The van der Waals surface area contributed by atoms with Crippen LogP contribution >= 0.6 is 0 Å². The zero-order valence-electron chi connectivity index (χ0n) is 16.9. The third-order valence-corrected chi connectivity index (χ3v) is 4.93. The molecule has 1 aliphatic heterocycles. The molecule has 28 heavy (non-hydrogen) atoms. The fourth-order valence-electron chi connectivity index (χ4n) is 3.40. The number of guanidine groups is 1. The maximum atomic E-state index is 10.1. The molecule has 0 radical (unpaired) electrons. The highest BCUT2D eigenvalue weighted by Crippen LogP contribution is 2.27. The largest absolute Gasteiger partial charge is 0.506 e. The lowest BCUT2D eigenvalue weighted by Crippen LogP contribution is -2.53. The van der Waals surface area contributed by atoms with E-state index >= 15 is 0 Å². The van der Waals surface area contributed by atoms with E-state index in [-0.39, 0.29) is 0 Å². The molecule has 1 aromatic heterocycles. The Hall–Kier alpha value is -2.77. The molecule has 0 atom stereocenters. The number of phenolic OH excluding ortho intramolecular Hbond substituents is 1. The fourth-order valence-corrected chi connectivity index (χ4v) is 3.40. The first kappa shape index (κ1) is 20.0. The molecule has 3 rings (SSSR count). The average Bonchev–Trinajstić information content (AvgIpc) is 3.19. The summed E-state index contributed by atoms with van der Waals surface area (Å²) in [6, 6.07) is 7.54. The molecule has 1 aliphatic rings. The van der Waals surface area contributed by atoms with Crippen LogP contribution in [0.2, 0.25) is 0 Å². The molecule has 0 aliphatic carbocycles. The molecule has 2 N–H and O–H groups in total. The van der Waals surface area contributed by atoms with Crippen LogP contribution in [0.5, 0.6) is 5.75 Å². The van der Waals surface area contributed by atoms with E-state index in [2.05, 4.69) is 43.7 Å². The first-order valence-corrected chi connectivity index (χ1v) is 10.2. The summed E-state index contributed by atoms with van der Waals surface area (Å²) in [5.41, 5.74) is 0.904. The van der Waals surface area contributed by atoms with Crippen molar-refractivity contribution in [3.8, 4) is 5.75 Å². The molecule has 152 valence electrons. The second-order valence-corrected chi connectivity index (χ2v) is 6.89. The third kappa shape index (κ3) is 4.94. The summed E-state index contributed by atoms with van der Waals surface area (Å²) in [7, 11) is 0. The van der Waals surface area contributed by atoms with Gasteiger partial charge in [0.05, 0.1) is 5.69 Å². The van der Waals surface area contributed by atoms with E-state index in [0.29, 0.717) is 5.75 Å². The van der Waals surface area contributed by atoms with Gasteiger partial charge in [-0.2, -0.15) is 0 Å². The van der Waals surface area contributed by atoms with Crippen molar-refractivity contribution in [2.75, 3.05) is 44.2 Å². The van der Waals surface area contributed by atoms with Crippen molar-refractivity contribution in [1.29, 1.82) is 0 Å². The highest BCUT2D eigenvalue weighted by molar-refractivity contribution is 5.80. The number of aliphatic imine (C=N–C) groups is 1. The van der Waals surface area contributed by atoms with Gasteiger partial charge in [0.1, 0.15) is 17.9 Å². The van der Waals surface area contributed by atoms with Gasteiger partial charge in [0.15, 0.2) is 5.96 Å². The van der Waals surface area contributed by atoms with Crippen LogP contribution in [-0.4, -0.2) is 70.0 Å². The summed E-state index contributed by atoms with van der Waals surface area (Å²) in [6.45, 7) is 10.1. The minimum atomic E-state index is 0.342. The van der Waals surface area contributed by atoms with Crippen LogP contribution in [-0.2, 0) is 13.0 Å². The van der Waals surface area contributed by atoms with Crippen LogP contribution in [0, 0.1) is 0 Å². The molecular weight excluding hydrogens is 354 g/mol. The molecule has 0 unspecified atom stereocenters. The summed E-state index contributed by atoms with van der Waals surface area (Å²) in [4.78, 5) is 9.30. The van der Waals surface area contributed by atoms with Crippen LogP contribution in [0.3, 0.4) is 0 Å². The van der Waals surface area contributed by atoms with E-state index in [1.54, 1.807) is 12.4 Å². The lowest BCUT2D eigenvalue weighted by molar-refractivity contribution is 0.368. The van der Waals surface area contributed by atoms with Crippen LogP contribution in [0.15, 0.2) is 35.6 Å². The van der Waals surface area contributed by atoms with Gasteiger partial charge >= 0.3 is 0 Å². The van der Waals surface area contributed by atoms with Gasteiger partial charge in [0.25, 0.3) is 0 Å². The van der Waals surface area contributed by atoms with E-state index in [9.17, 15) is 5.11 Å². The molecule has 1 saturated heterocycles. The van der Waals surface area contributed by atoms with Crippen molar-refractivity contribution in [2.24, 2.45) is 4.99 Å². The third-order valence-electron chi connectivity index (χ3n) is 4.93. The molecule has 8 nitrogen and oxygen atoms in total. The molecule has 0 amide bonds. The number of rotatable bonds is 7. The molecule has 0 saturated carbocycles. The van der Waals surface area contributed by atoms with Gasteiger partial charge in [-0.15, -0.1) is 10.2 Å². The molecule has 0 spiro atoms. The number of aryl methyl sites for hydroxylation is 1. The van der Waals surface area contributed by atoms with Crippen molar-refractivity contribution in [3.05, 3.63) is 36.4 Å². The standard InChI is InChI=1S/C20H31N7O/c1-3-9-21-20(22-10-11-27-16-23-24-19(27)4-2)26-14-12-25(13-15-26)17-7-5-6-8-18(17)28/h5-8,16,28H,3-4,9-15H2,1-2H3,(H,21,22). The number of phenols is 1. The second kappa shape index (κ2) is 9.96. The Kier molecular flexibility index (Phi) is 7.11. The quantitative estimate of drug-likeness (QED) is 0.558. The molecule has 1 fully saturated rings. The summed E-state index contributed by atoms with van der Waals surface area (Å²) in [5, 5.41) is 21.7. The average molecular weight is 386 g/mol. The maximum Gasteiger partial charge on any atom is 0.194 e. The molecule has 2 heterocycles. The number of para-hydroxylation sites is 2. The summed E-state index contributed by atoms with van der Waals surface area (Å²) in [6.07, 6.45) is 3.69. The van der Waals surface area contributed by atoms with Crippen LogP contribution < -0.4 is 10.2 Å². The molecule has 8 heteroatoms. The van der Waals surface area contributed by atoms with Crippen molar-refractivity contribution in [3.63, 3.8) is 0 Å². The minimum absolute atomic E-state index is 0.342. The number of piperazine rings is 1. The van der Waals surface area contributed by atoms with Gasteiger partial charge in [-0.05, 0) is 18.6 Å². The van der Waals surface area contributed by atoms with Crippen LogP contribution in [0.25, 0.3) is 0 Å². The monoisotopic (exact) mass is 385 g/mol. The van der Waals surface area contributed by atoms with Crippen molar-refractivity contribution in [2.45, 2.75) is 33.2 Å². The van der Waals surface area contributed by atoms with Gasteiger partial charge in [0.2, 0.25) is 0 Å². The lowest BCUT2D eigenvalue weighted by atomic mass is 10.2. The molecular formula is C20H31N7O. The predicted octanol–water partition coefficient (Wildman–Crippen LogP) is 1.72. The Balaban J connectivity index is 1.56. The first-order chi connectivity index (χ1) is 13.7. The van der Waals surface area contributed by atoms with Crippen LogP contribution in [0.4, 0.5) is 5.69 Å². The first-order valence-electron chi connectivity index (χ1n) is 10.2. The number of hydrogen-bond acceptors (Lipinski definition) is 5. The van der Waals surface area contributed by atoms with Crippen LogP contribution in [0.1, 0.15) is 26.1 Å². The van der Waals surface area contributed by atoms with Crippen molar-refractivity contribution < 1.29 is 5.11 Å². The minimum Gasteiger partial charge on any atom is -0.506 e. The summed E-state index contributed by atoms with van der Waals surface area (Å²) >= 11 is 0. The van der Waals surface area contributed by atoms with Gasteiger partial charge < -0.3 is 24.8 Å². The predicted molar refractivity (Wildman–Crippen MR) is 112 cm³/mol. The number of aromatic hydroxyl groups is 1. The second-order valence-electron chi connectivity index (χ2n) is 6.89. The van der Waals surface area contributed by atoms with E-state index in [4.69, 9.17) is 4.99 Å². The number of aromatic nitrogens is 3. The van der Waals surface area contributed by atoms with E-state index in [0.717, 1.165) is 76.1 Å². The number of anilines is 1. The molecule has 1 aromatic carbocycles. The number of benzene rings is 1. The zero-order chi connectivity index (χ0) is 19.8. The summed E-state index contributed by atoms with van der Waals surface area (Å²) < 4.78 is 2.08. The van der Waals surface area contributed by atoms with E-state index in [1.807, 2.05) is 18.2 Å². The number of nitrogens with zero attached hydrogens (tertiary/aromatic N) is 6. The Labute approximate surface area is 166 Å². The molecule has 0 bridgehead atoms. The Bertz CT molecular complexity index is 765. The highest BCUT2D eigenvalue weighted by atomic mass is 16.3. The Morgan fingerprint density at radius 2 is 1.96 bits per heavy atom. The van der Waals surface area contributed by atoms with Gasteiger partial charge in [0, 0.05) is 52.2 Å². The van der Waals surface area contributed by atoms with Gasteiger partial charge in [-0.25, -0.2) is 0 Å². The lowest BCUT2D eigenvalue weighted by Gasteiger charge is -2.38. The number of hydrogen-bond donors (Lipinski definition) is 2. The fraction of sp³-hybridized carbons (Fsp3) is 0.550. The Morgan fingerprint density at radius 1 is 1.18 bits per heavy atom. The van der Waals surface area contributed by atoms with E-state index in [1.165, 1.54) is 0 Å². The smallest absolute Gasteiger partial charge is 0.194 e. The zero-order valence-corrected chi connectivity index (χ0v) is 16.9. The van der Waals surface area contributed by atoms with Crippen molar-refractivity contribution >= 4 is 11.6 Å². The SMILES string of the molecule is CCCN=C(NCCn1cnnc1CC)N1CCN(c2ccccc2O)CC1. The summed E-state index contributed by atoms with van der Waals surface area (Å²) in [5.74, 6) is 2.31. The normalized spacial score (nSPS) is 15.1. The van der Waals surface area contributed by atoms with Gasteiger partial charge in [-0.3, -0.25) is 4.99 Å². The maximum absolute atomic E-state index is 10.1. The molecule has 2 aromatic rings. The van der Waals surface area contributed by atoms with Crippen molar-refractivity contribution in [1.82, 2.24) is 25.0 Å². The van der Waals surface area contributed by atoms with Gasteiger partial charge in [-0.1, -0.05) is 26.0 Å². The van der Waals surface area contributed by atoms with E-state index < -0.39 is 0 Å². The number of nitrogens with one attached hydrogen (secondary N) is 1. The topological polar surface area (TPSA) is 81.8 Å². The highest BCUT2D eigenvalue weighted by Gasteiger charge is 2.21.